The van der Waals surface area contributed by atoms with Gasteiger partial charge in [0.15, 0.2) is 0 Å². The number of benzene rings is 1. The second kappa shape index (κ2) is 8.65. The Bertz CT molecular complexity index is 502. The lowest BCUT2D eigenvalue weighted by molar-refractivity contribution is 0.472. The van der Waals surface area contributed by atoms with Crippen LogP contribution in [0.4, 0.5) is 0 Å². The van der Waals surface area contributed by atoms with Crippen molar-refractivity contribution in [2.24, 2.45) is 0 Å². The lowest BCUT2D eigenvalue weighted by Gasteiger charge is -2.19. The highest BCUT2D eigenvalue weighted by Gasteiger charge is 2.12. The largest absolute Gasteiger partial charge is 0.314 e. The number of hydrogen-bond donors (Lipinski definition) is 1. The molecule has 0 saturated heterocycles. The van der Waals surface area contributed by atoms with Gasteiger partial charge in [0, 0.05) is 23.1 Å². The molecule has 0 amide bonds. The van der Waals surface area contributed by atoms with Crippen molar-refractivity contribution in [1.29, 1.82) is 0 Å². The summed E-state index contributed by atoms with van der Waals surface area (Å²) in [5.74, 6) is 0.250. The SMILES string of the molecule is CCCNC(CCCS(C)(=O)=O)Cc1ccccc1Cl. The van der Waals surface area contributed by atoms with Gasteiger partial charge in [-0.3, -0.25) is 0 Å². The van der Waals surface area contributed by atoms with E-state index in [1.807, 2.05) is 24.3 Å². The third kappa shape index (κ3) is 7.27. The molecule has 0 fully saturated rings. The minimum Gasteiger partial charge on any atom is -0.314 e. The van der Waals surface area contributed by atoms with Crippen LogP contribution in [0.5, 0.6) is 0 Å². The van der Waals surface area contributed by atoms with Crippen molar-refractivity contribution in [2.45, 2.75) is 38.6 Å². The summed E-state index contributed by atoms with van der Waals surface area (Å²) in [6, 6.07) is 8.10. The summed E-state index contributed by atoms with van der Waals surface area (Å²) in [5.41, 5.74) is 1.11. The summed E-state index contributed by atoms with van der Waals surface area (Å²) in [4.78, 5) is 0. The summed E-state index contributed by atoms with van der Waals surface area (Å²) in [6.07, 6.45) is 4.72. The van der Waals surface area contributed by atoms with E-state index in [9.17, 15) is 8.42 Å². The fourth-order valence-electron chi connectivity index (χ4n) is 2.15. The summed E-state index contributed by atoms with van der Waals surface area (Å²) in [7, 11) is -2.88. The van der Waals surface area contributed by atoms with Crippen molar-refractivity contribution >= 4 is 21.4 Å². The quantitative estimate of drug-likeness (QED) is 0.761. The van der Waals surface area contributed by atoms with Crippen LogP contribution in [0.1, 0.15) is 31.7 Å². The predicted molar refractivity (Wildman–Crippen MR) is 86.2 cm³/mol. The van der Waals surface area contributed by atoms with Crippen LogP contribution in [0.25, 0.3) is 0 Å². The van der Waals surface area contributed by atoms with Gasteiger partial charge in [-0.05, 0) is 43.9 Å². The Morgan fingerprint density at radius 1 is 1.30 bits per heavy atom. The van der Waals surface area contributed by atoms with E-state index in [4.69, 9.17) is 11.6 Å². The molecule has 0 heterocycles. The number of halogens is 1. The Labute approximate surface area is 127 Å². The highest BCUT2D eigenvalue weighted by atomic mass is 35.5. The zero-order valence-electron chi connectivity index (χ0n) is 12.2. The standard InChI is InChI=1S/C15H24ClNO2S/c1-3-10-17-14(8-6-11-20(2,18)19)12-13-7-4-5-9-15(13)16/h4-5,7,9,14,17H,3,6,8,10-12H2,1-2H3. The Balaban J connectivity index is 2.57. The smallest absolute Gasteiger partial charge is 0.147 e. The topological polar surface area (TPSA) is 46.2 Å². The van der Waals surface area contributed by atoms with Crippen LogP contribution in [0.2, 0.25) is 5.02 Å². The van der Waals surface area contributed by atoms with E-state index in [2.05, 4.69) is 12.2 Å². The highest BCUT2D eigenvalue weighted by Crippen LogP contribution is 2.18. The van der Waals surface area contributed by atoms with Crippen molar-refractivity contribution in [1.82, 2.24) is 5.32 Å². The van der Waals surface area contributed by atoms with Gasteiger partial charge in [-0.25, -0.2) is 8.42 Å². The Morgan fingerprint density at radius 3 is 2.60 bits per heavy atom. The molecule has 3 nitrogen and oxygen atoms in total. The Kier molecular flexibility index (Phi) is 7.56. The Morgan fingerprint density at radius 2 is 2.00 bits per heavy atom. The number of hydrogen-bond acceptors (Lipinski definition) is 3. The monoisotopic (exact) mass is 317 g/mol. The van der Waals surface area contributed by atoms with E-state index in [-0.39, 0.29) is 11.8 Å². The molecular weight excluding hydrogens is 294 g/mol. The molecule has 0 aliphatic rings. The molecule has 0 aliphatic heterocycles. The van der Waals surface area contributed by atoms with Gasteiger partial charge in [-0.1, -0.05) is 36.7 Å². The van der Waals surface area contributed by atoms with Crippen LogP contribution in [-0.2, 0) is 16.3 Å². The van der Waals surface area contributed by atoms with E-state index < -0.39 is 9.84 Å². The molecule has 114 valence electrons. The van der Waals surface area contributed by atoms with Gasteiger partial charge in [0.2, 0.25) is 0 Å². The fourth-order valence-corrected chi connectivity index (χ4v) is 3.05. The molecule has 0 spiro atoms. The maximum atomic E-state index is 11.2. The molecule has 0 saturated carbocycles. The van der Waals surface area contributed by atoms with Gasteiger partial charge >= 0.3 is 0 Å². The van der Waals surface area contributed by atoms with Gasteiger partial charge in [0.25, 0.3) is 0 Å². The van der Waals surface area contributed by atoms with E-state index in [1.54, 1.807) is 0 Å². The zero-order valence-corrected chi connectivity index (χ0v) is 13.8. The van der Waals surface area contributed by atoms with Gasteiger partial charge in [-0.2, -0.15) is 0 Å². The first-order valence-electron chi connectivity index (χ1n) is 7.07. The Hall–Kier alpha value is -0.580. The van der Waals surface area contributed by atoms with E-state index in [0.717, 1.165) is 36.4 Å². The van der Waals surface area contributed by atoms with Gasteiger partial charge in [0.1, 0.15) is 9.84 Å². The molecular formula is C15H24ClNO2S. The first kappa shape index (κ1) is 17.5. The highest BCUT2D eigenvalue weighted by molar-refractivity contribution is 7.90. The average Bonchev–Trinajstić information content (AvgIpc) is 2.36. The van der Waals surface area contributed by atoms with Crippen molar-refractivity contribution in [3.8, 4) is 0 Å². The van der Waals surface area contributed by atoms with Crippen molar-refractivity contribution in [2.75, 3.05) is 18.6 Å². The first-order valence-corrected chi connectivity index (χ1v) is 9.50. The minimum atomic E-state index is -2.88. The van der Waals surface area contributed by atoms with Gasteiger partial charge < -0.3 is 5.32 Å². The molecule has 1 aromatic rings. The summed E-state index contributed by atoms with van der Waals surface area (Å²) in [6.45, 7) is 3.06. The molecule has 1 atom stereocenters. The molecule has 20 heavy (non-hydrogen) atoms. The van der Waals surface area contributed by atoms with E-state index in [1.165, 1.54) is 6.26 Å². The summed E-state index contributed by atoms with van der Waals surface area (Å²) >= 11 is 6.19. The maximum Gasteiger partial charge on any atom is 0.147 e. The van der Waals surface area contributed by atoms with Crippen molar-refractivity contribution in [3.05, 3.63) is 34.9 Å². The number of sulfone groups is 1. The molecule has 1 aromatic carbocycles. The zero-order chi connectivity index (χ0) is 15.0. The third-order valence-corrected chi connectivity index (χ3v) is 4.57. The van der Waals surface area contributed by atoms with Crippen LogP contribution in [0, 0.1) is 0 Å². The van der Waals surface area contributed by atoms with Crippen molar-refractivity contribution < 1.29 is 8.42 Å². The van der Waals surface area contributed by atoms with Crippen LogP contribution in [-0.4, -0.2) is 33.0 Å². The van der Waals surface area contributed by atoms with Crippen LogP contribution in [0.15, 0.2) is 24.3 Å². The second-order valence-corrected chi connectivity index (χ2v) is 7.89. The summed E-state index contributed by atoms with van der Waals surface area (Å²) < 4.78 is 22.4. The molecule has 0 aliphatic carbocycles. The van der Waals surface area contributed by atoms with Gasteiger partial charge in [0.05, 0.1) is 0 Å². The lowest BCUT2D eigenvalue weighted by Crippen LogP contribution is -2.32. The molecule has 0 aromatic heterocycles. The van der Waals surface area contributed by atoms with Crippen LogP contribution < -0.4 is 5.32 Å². The second-order valence-electron chi connectivity index (χ2n) is 5.22. The molecule has 5 heteroatoms. The summed E-state index contributed by atoms with van der Waals surface area (Å²) in [5, 5.41) is 4.25. The van der Waals surface area contributed by atoms with Gasteiger partial charge in [-0.15, -0.1) is 0 Å². The molecule has 0 radical (unpaired) electrons. The molecule has 0 bridgehead atoms. The van der Waals surface area contributed by atoms with Crippen LogP contribution in [0.3, 0.4) is 0 Å². The molecule has 1 unspecified atom stereocenters. The van der Waals surface area contributed by atoms with Crippen molar-refractivity contribution in [3.63, 3.8) is 0 Å². The fraction of sp³-hybridized carbons (Fsp3) is 0.600. The average molecular weight is 318 g/mol. The third-order valence-electron chi connectivity index (χ3n) is 3.17. The first-order chi connectivity index (χ1) is 9.42. The normalized spacial score (nSPS) is 13.3. The molecule has 1 N–H and O–H groups in total. The lowest BCUT2D eigenvalue weighted by atomic mass is 10.0. The number of rotatable bonds is 9. The van der Waals surface area contributed by atoms with E-state index >= 15 is 0 Å². The predicted octanol–water partition coefficient (Wildman–Crippen LogP) is 3.08. The molecule has 1 rings (SSSR count). The van der Waals surface area contributed by atoms with E-state index in [0.29, 0.717) is 6.42 Å². The maximum absolute atomic E-state index is 11.2. The number of nitrogens with one attached hydrogen (secondary N) is 1. The minimum absolute atomic E-state index is 0.250. The van der Waals surface area contributed by atoms with Crippen LogP contribution >= 0.6 is 11.6 Å².